The molecule has 1 saturated heterocycles. The van der Waals surface area contributed by atoms with Crippen LogP contribution in [0.25, 0.3) is 0 Å². The van der Waals surface area contributed by atoms with Gasteiger partial charge in [0.15, 0.2) is 0 Å². The molecule has 118 valence electrons. The number of imide groups is 1. The molecule has 0 spiro atoms. The summed E-state index contributed by atoms with van der Waals surface area (Å²) in [7, 11) is 3.47. The predicted octanol–water partition coefficient (Wildman–Crippen LogP) is 0.149. The molecule has 0 aliphatic carbocycles. The van der Waals surface area contributed by atoms with Gasteiger partial charge < -0.3 is 0 Å². The lowest BCUT2D eigenvalue weighted by Gasteiger charge is -2.35. The van der Waals surface area contributed by atoms with E-state index in [9.17, 15) is 9.59 Å². The SMILES string of the molecule is CCCN1C(=O)C2C(=NC3=[N+]2C(C)C(C)=NN3C)N(C)C1=O. The second-order valence-electron chi connectivity index (χ2n) is 5.85. The van der Waals surface area contributed by atoms with Gasteiger partial charge in [-0.15, -0.1) is 10.1 Å². The van der Waals surface area contributed by atoms with E-state index in [4.69, 9.17) is 0 Å². The van der Waals surface area contributed by atoms with E-state index in [1.54, 1.807) is 19.1 Å². The number of aliphatic imine (C=N–C) groups is 1. The lowest BCUT2D eigenvalue weighted by Crippen LogP contribution is -2.64. The molecule has 8 heteroatoms. The Balaban J connectivity index is 2.07. The van der Waals surface area contributed by atoms with Crippen molar-refractivity contribution in [1.82, 2.24) is 14.8 Å². The fourth-order valence-corrected chi connectivity index (χ4v) is 3.10. The Hall–Kier alpha value is -2.25. The predicted molar refractivity (Wildman–Crippen MR) is 82.0 cm³/mol. The van der Waals surface area contributed by atoms with Crippen molar-refractivity contribution in [3.05, 3.63) is 0 Å². The Morgan fingerprint density at radius 3 is 2.59 bits per heavy atom. The summed E-state index contributed by atoms with van der Waals surface area (Å²) < 4.78 is 1.95. The molecule has 0 aromatic carbocycles. The molecular weight excluding hydrogens is 284 g/mol. The van der Waals surface area contributed by atoms with E-state index in [0.717, 1.165) is 12.1 Å². The van der Waals surface area contributed by atoms with Gasteiger partial charge in [-0.1, -0.05) is 11.9 Å². The first-order chi connectivity index (χ1) is 10.4. The van der Waals surface area contributed by atoms with Crippen LogP contribution in [-0.4, -0.2) is 81.6 Å². The van der Waals surface area contributed by atoms with Crippen molar-refractivity contribution in [2.45, 2.75) is 39.3 Å². The summed E-state index contributed by atoms with van der Waals surface area (Å²) in [4.78, 5) is 32.5. The molecule has 3 aliphatic heterocycles. The maximum absolute atomic E-state index is 12.9. The first-order valence-electron chi connectivity index (χ1n) is 7.50. The van der Waals surface area contributed by atoms with Crippen LogP contribution in [0.2, 0.25) is 0 Å². The zero-order chi connectivity index (χ0) is 16.2. The van der Waals surface area contributed by atoms with Gasteiger partial charge in [0.1, 0.15) is 6.04 Å². The molecule has 22 heavy (non-hydrogen) atoms. The van der Waals surface area contributed by atoms with Crippen molar-refractivity contribution >= 4 is 29.4 Å². The summed E-state index contributed by atoms with van der Waals surface area (Å²) in [6.07, 6.45) is 0.733. The topological polar surface area (TPSA) is 71.6 Å². The second kappa shape index (κ2) is 4.89. The zero-order valence-corrected chi connectivity index (χ0v) is 13.6. The number of nitrogens with zero attached hydrogens (tertiary/aromatic N) is 6. The van der Waals surface area contributed by atoms with Gasteiger partial charge in [-0.2, -0.15) is 0 Å². The number of amidine groups is 1. The number of guanidine groups is 1. The van der Waals surface area contributed by atoms with Crippen LogP contribution < -0.4 is 0 Å². The summed E-state index contributed by atoms with van der Waals surface area (Å²) in [6, 6.07) is -0.895. The molecule has 0 saturated carbocycles. The standard InChI is InChI=1S/C14H21N6O2/c1-6-7-19-12(21)10-11(17(4)14(19)22)15-13-18(5)16-8(2)9(3)20(10)13/h9-10H,6-7H2,1-5H3/q+1. The first-order valence-corrected chi connectivity index (χ1v) is 7.50. The van der Waals surface area contributed by atoms with Crippen molar-refractivity contribution in [2.24, 2.45) is 10.1 Å². The largest absolute Gasteiger partial charge is 0.416 e. The number of rotatable bonds is 2. The summed E-state index contributed by atoms with van der Waals surface area (Å²) >= 11 is 0. The number of amides is 3. The highest BCUT2D eigenvalue weighted by atomic mass is 16.2. The lowest BCUT2D eigenvalue weighted by molar-refractivity contribution is -0.558. The Kier molecular flexibility index (Phi) is 3.26. The third kappa shape index (κ3) is 1.79. The van der Waals surface area contributed by atoms with Gasteiger partial charge >= 0.3 is 12.0 Å². The van der Waals surface area contributed by atoms with E-state index in [-0.39, 0.29) is 18.0 Å². The normalized spacial score (nSPS) is 28.0. The zero-order valence-electron chi connectivity index (χ0n) is 13.6. The van der Waals surface area contributed by atoms with Crippen LogP contribution in [-0.2, 0) is 4.79 Å². The number of hydrazone groups is 1. The van der Waals surface area contributed by atoms with Gasteiger partial charge in [-0.05, 0) is 20.3 Å². The number of fused-ring (bicyclic) bond motifs is 2. The van der Waals surface area contributed by atoms with Crippen LogP contribution in [0.4, 0.5) is 4.79 Å². The molecule has 0 aromatic heterocycles. The van der Waals surface area contributed by atoms with Crippen molar-refractivity contribution in [3.63, 3.8) is 0 Å². The number of hydrogen-bond acceptors (Lipinski definition) is 5. The van der Waals surface area contributed by atoms with E-state index in [0.29, 0.717) is 18.3 Å². The van der Waals surface area contributed by atoms with E-state index < -0.39 is 6.04 Å². The number of urea groups is 1. The maximum atomic E-state index is 12.9. The van der Waals surface area contributed by atoms with Crippen molar-refractivity contribution in [1.29, 1.82) is 0 Å². The van der Waals surface area contributed by atoms with E-state index in [1.807, 2.05) is 25.3 Å². The molecule has 2 atom stereocenters. The monoisotopic (exact) mass is 305 g/mol. The van der Waals surface area contributed by atoms with Crippen molar-refractivity contribution in [3.8, 4) is 0 Å². The fourth-order valence-electron chi connectivity index (χ4n) is 3.10. The van der Waals surface area contributed by atoms with Gasteiger partial charge in [-0.25, -0.2) is 9.37 Å². The summed E-state index contributed by atoms with van der Waals surface area (Å²) in [6.45, 7) is 6.30. The number of likely N-dealkylation sites (N-methyl/N-ethyl adjacent to an activating group) is 1. The summed E-state index contributed by atoms with van der Waals surface area (Å²) in [5, 5.41) is 6.09. The van der Waals surface area contributed by atoms with Crippen LogP contribution in [0, 0.1) is 0 Å². The molecular formula is C14H21N6O2+. The quantitative estimate of drug-likeness (QED) is 0.682. The maximum Gasteiger partial charge on any atom is 0.416 e. The minimum Gasteiger partial charge on any atom is -0.270 e. The van der Waals surface area contributed by atoms with Crippen LogP contribution in [0.5, 0.6) is 0 Å². The third-order valence-corrected chi connectivity index (χ3v) is 4.40. The van der Waals surface area contributed by atoms with Gasteiger partial charge in [0.2, 0.25) is 11.9 Å². The lowest BCUT2D eigenvalue weighted by atomic mass is 10.1. The minimum absolute atomic E-state index is 0.0357. The third-order valence-electron chi connectivity index (χ3n) is 4.40. The van der Waals surface area contributed by atoms with Gasteiger partial charge in [-0.3, -0.25) is 14.6 Å². The molecule has 3 rings (SSSR count). The van der Waals surface area contributed by atoms with Crippen LogP contribution >= 0.6 is 0 Å². The van der Waals surface area contributed by atoms with E-state index in [1.165, 1.54) is 9.80 Å². The molecule has 3 heterocycles. The average Bonchev–Trinajstić information content (AvgIpc) is 2.88. The van der Waals surface area contributed by atoms with Crippen LogP contribution in [0.3, 0.4) is 0 Å². The second-order valence-corrected chi connectivity index (χ2v) is 5.85. The molecule has 3 aliphatic rings. The number of carbonyl (C=O) groups excluding carboxylic acids is 2. The Morgan fingerprint density at radius 2 is 1.95 bits per heavy atom. The number of hydrogen-bond donors (Lipinski definition) is 0. The number of carbonyl (C=O) groups is 2. The average molecular weight is 305 g/mol. The Labute approximate surface area is 129 Å². The Bertz CT molecular complexity index is 650. The molecule has 0 bridgehead atoms. The fraction of sp³-hybridized carbons (Fsp3) is 0.643. The minimum atomic E-state index is -0.549. The molecule has 0 N–H and O–H groups in total. The van der Waals surface area contributed by atoms with E-state index in [2.05, 4.69) is 10.1 Å². The molecule has 2 unspecified atom stereocenters. The molecule has 8 nitrogen and oxygen atoms in total. The van der Waals surface area contributed by atoms with Gasteiger partial charge in [0.05, 0.1) is 12.8 Å². The highest BCUT2D eigenvalue weighted by Crippen LogP contribution is 2.24. The first kappa shape index (κ1) is 14.7. The molecule has 1 fully saturated rings. The van der Waals surface area contributed by atoms with Crippen LogP contribution in [0.15, 0.2) is 10.1 Å². The summed E-state index contributed by atoms with van der Waals surface area (Å²) in [5.74, 6) is 0.902. The van der Waals surface area contributed by atoms with E-state index >= 15 is 0 Å². The molecule has 3 amide bonds. The van der Waals surface area contributed by atoms with Crippen molar-refractivity contribution < 1.29 is 14.2 Å². The molecule has 0 aromatic rings. The highest BCUT2D eigenvalue weighted by Gasteiger charge is 2.55. The Morgan fingerprint density at radius 1 is 1.27 bits per heavy atom. The van der Waals surface area contributed by atoms with Gasteiger partial charge in [0, 0.05) is 13.6 Å². The van der Waals surface area contributed by atoms with Crippen molar-refractivity contribution in [2.75, 3.05) is 20.6 Å². The summed E-state index contributed by atoms with van der Waals surface area (Å²) in [5.41, 5.74) is 0.914. The highest BCUT2D eigenvalue weighted by molar-refractivity contribution is 6.23. The van der Waals surface area contributed by atoms with Crippen LogP contribution in [0.1, 0.15) is 27.2 Å². The molecule has 0 radical (unpaired) electrons. The smallest absolute Gasteiger partial charge is 0.270 e. The van der Waals surface area contributed by atoms with Gasteiger partial charge in [0.25, 0.3) is 5.91 Å².